The number of carbonyl (C=O) groups excluding carboxylic acids is 3. The van der Waals surface area contributed by atoms with Gasteiger partial charge >= 0.3 is 6.09 Å². The molecule has 1 aliphatic heterocycles. The van der Waals surface area contributed by atoms with Crippen LogP contribution in [0, 0.1) is 6.92 Å². The second-order valence-corrected chi connectivity index (χ2v) is 6.68. The van der Waals surface area contributed by atoms with Crippen LogP contribution in [-0.2, 0) is 14.3 Å². The Bertz CT molecular complexity index is 669. The fourth-order valence-electron chi connectivity index (χ4n) is 3.23. The van der Waals surface area contributed by atoms with E-state index in [1.807, 2.05) is 38.1 Å². The number of piperidine rings is 1. The molecule has 0 bridgehead atoms. The van der Waals surface area contributed by atoms with Crippen molar-refractivity contribution in [2.24, 2.45) is 0 Å². The van der Waals surface area contributed by atoms with Crippen molar-refractivity contribution in [3.63, 3.8) is 0 Å². The zero-order valence-corrected chi connectivity index (χ0v) is 16.4. The lowest BCUT2D eigenvalue weighted by molar-refractivity contribution is -0.128. The third kappa shape index (κ3) is 5.98. The van der Waals surface area contributed by atoms with Crippen molar-refractivity contribution in [2.45, 2.75) is 46.1 Å². The summed E-state index contributed by atoms with van der Waals surface area (Å²) in [6.07, 6.45) is 0.830. The van der Waals surface area contributed by atoms with E-state index < -0.39 is 0 Å². The van der Waals surface area contributed by atoms with Crippen molar-refractivity contribution in [1.29, 1.82) is 0 Å². The number of ether oxygens (including phenoxy) is 1. The smallest absolute Gasteiger partial charge is 0.409 e. The second kappa shape index (κ2) is 9.94. The average Bonchev–Trinajstić information content (AvgIpc) is 2.63. The summed E-state index contributed by atoms with van der Waals surface area (Å²) in [6, 6.07) is 7.65. The Labute approximate surface area is 160 Å². The molecule has 1 aliphatic rings. The maximum Gasteiger partial charge on any atom is 0.409 e. The highest BCUT2D eigenvalue weighted by molar-refractivity contribution is 6.05. The Morgan fingerprint density at radius 3 is 2.52 bits per heavy atom. The quantitative estimate of drug-likeness (QED) is 0.775. The van der Waals surface area contributed by atoms with Crippen molar-refractivity contribution in [3.05, 3.63) is 29.8 Å². The maximum absolute atomic E-state index is 12.5. The molecule has 0 saturated carbocycles. The first-order valence-corrected chi connectivity index (χ1v) is 9.52. The van der Waals surface area contributed by atoms with E-state index in [4.69, 9.17) is 4.74 Å². The predicted molar refractivity (Wildman–Crippen MR) is 104 cm³/mol. The summed E-state index contributed by atoms with van der Waals surface area (Å²) in [4.78, 5) is 39.8. The normalized spacial score (nSPS) is 14.6. The monoisotopic (exact) mass is 375 g/mol. The molecule has 0 unspecified atom stereocenters. The predicted octanol–water partition coefficient (Wildman–Crippen LogP) is 2.48. The Morgan fingerprint density at radius 2 is 1.93 bits per heavy atom. The summed E-state index contributed by atoms with van der Waals surface area (Å²) in [7, 11) is 0. The molecule has 7 nitrogen and oxygen atoms in total. The zero-order chi connectivity index (χ0) is 19.8. The van der Waals surface area contributed by atoms with Gasteiger partial charge in [0.25, 0.3) is 0 Å². The van der Waals surface area contributed by atoms with Gasteiger partial charge in [-0.05, 0) is 51.3 Å². The van der Waals surface area contributed by atoms with Crippen LogP contribution in [0.3, 0.4) is 0 Å². The molecule has 2 rings (SSSR count). The van der Waals surface area contributed by atoms with Gasteiger partial charge in [-0.1, -0.05) is 12.1 Å². The third-order valence-corrected chi connectivity index (χ3v) is 4.63. The molecule has 7 heteroatoms. The minimum absolute atomic E-state index is 0.0231. The van der Waals surface area contributed by atoms with Gasteiger partial charge in [0, 0.05) is 31.4 Å². The SMILES string of the molecule is CCOC(=O)N1CCC(NC(=O)CC(=O)N(CC)c2cccc(C)c2)CC1. The number of hydrogen-bond acceptors (Lipinski definition) is 4. The van der Waals surface area contributed by atoms with Gasteiger partial charge in [0.1, 0.15) is 6.42 Å². The lowest BCUT2D eigenvalue weighted by Crippen LogP contribution is -2.47. The van der Waals surface area contributed by atoms with E-state index >= 15 is 0 Å². The van der Waals surface area contributed by atoms with Gasteiger partial charge < -0.3 is 19.9 Å². The van der Waals surface area contributed by atoms with E-state index in [1.165, 1.54) is 0 Å². The van der Waals surface area contributed by atoms with Crippen LogP contribution in [0.2, 0.25) is 0 Å². The highest BCUT2D eigenvalue weighted by Gasteiger charge is 2.25. The van der Waals surface area contributed by atoms with Crippen LogP contribution in [-0.4, -0.2) is 55.1 Å². The van der Waals surface area contributed by atoms with Crippen LogP contribution in [0.5, 0.6) is 0 Å². The number of nitrogens with one attached hydrogen (secondary N) is 1. The van der Waals surface area contributed by atoms with E-state index in [9.17, 15) is 14.4 Å². The lowest BCUT2D eigenvalue weighted by Gasteiger charge is -2.31. The minimum atomic E-state index is -0.311. The number of anilines is 1. The van der Waals surface area contributed by atoms with Crippen LogP contribution in [0.25, 0.3) is 0 Å². The van der Waals surface area contributed by atoms with Gasteiger partial charge in [-0.2, -0.15) is 0 Å². The molecular weight excluding hydrogens is 346 g/mol. The van der Waals surface area contributed by atoms with E-state index in [0.717, 1.165) is 11.3 Å². The lowest BCUT2D eigenvalue weighted by atomic mass is 10.1. The molecule has 1 aromatic carbocycles. The minimum Gasteiger partial charge on any atom is -0.450 e. The van der Waals surface area contributed by atoms with Crippen LogP contribution < -0.4 is 10.2 Å². The molecule has 1 saturated heterocycles. The average molecular weight is 375 g/mol. The van der Waals surface area contributed by atoms with Gasteiger partial charge in [0.2, 0.25) is 11.8 Å². The number of carbonyl (C=O) groups is 3. The molecule has 0 spiro atoms. The second-order valence-electron chi connectivity index (χ2n) is 6.68. The van der Waals surface area contributed by atoms with Crippen LogP contribution in [0.1, 0.15) is 38.7 Å². The summed E-state index contributed by atoms with van der Waals surface area (Å²) < 4.78 is 4.99. The third-order valence-electron chi connectivity index (χ3n) is 4.63. The summed E-state index contributed by atoms with van der Waals surface area (Å²) in [5, 5.41) is 2.92. The Morgan fingerprint density at radius 1 is 1.22 bits per heavy atom. The first-order valence-electron chi connectivity index (χ1n) is 9.52. The number of amides is 3. The number of hydrogen-bond donors (Lipinski definition) is 1. The fraction of sp³-hybridized carbons (Fsp3) is 0.550. The van der Waals surface area contributed by atoms with Crippen LogP contribution in [0.4, 0.5) is 10.5 Å². The number of aryl methyl sites for hydroxylation is 1. The summed E-state index contributed by atoms with van der Waals surface area (Å²) >= 11 is 0. The number of nitrogens with zero attached hydrogens (tertiary/aromatic N) is 2. The van der Waals surface area contributed by atoms with Crippen LogP contribution in [0.15, 0.2) is 24.3 Å². The molecule has 0 aliphatic carbocycles. The summed E-state index contributed by atoms with van der Waals surface area (Å²) in [6.45, 7) is 7.59. The maximum atomic E-state index is 12.5. The highest BCUT2D eigenvalue weighted by atomic mass is 16.6. The van der Waals surface area contributed by atoms with Crippen molar-refractivity contribution in [2.75, 3.05) is 31.1 Å². The van der Waals surface area contributed by atoms with E-state index in [2.05, 4.69) is 5.32 Å². The standard InChI is InChI=1S/C20H29N3O4/c1-4-23(17-8-6-7-15(3)13-17)19(25)14-18(24)21-16-9-11-22(12-10-16)20(26)27-5-2/h6-8,13,16H,4-5,9-12,14H2,1-3H3,(H,21,24). The van der Waals surface area contributed by atoms with Crippen molar-refractivity contribution in [3.8, 4) is 0 Å². The Hall–Kier alpha value is -2.57. The molecule has 0 aromatic heterocycles. The van der Waals surface area contributed by atoms with E-state index in [-0.39, 0.29) is 30.4 Å². The summed E-state index contributed by atoms with van der Waals surface area (Å²) in [5.74, 6) is -0.495. The van der Waals surface area contributed by atoms with Gasteiger partial charge in [0.05, 0.1) is 6.61 Å². The first-order chi connectivity index (χ1) is 12.9. The first kappa shape index (κ1) is 20.7. The molecule has 0 radical (unpaired) electrons. The molecule has 148 valence electrons. The fourth-order valence-corrected chi connectivity index (χ4v) is 3.23. The van der Waals surface area contributed by atoms with Gasteiger partial charge in [-0.25, -0.2) is 4.79 Å². The Balaban J connectivity index is 1.83. The molecule has 1 fully saturated rings. The number of likely N-dealkylation sites (tertiary alicyclic amines) is 1. The van der Waals surface area contributed by atoms with Gasteiger partial charge in [0.15, 0.2) is 0 Å². The van der Waals surface area contributed by atoms with Crippen LogP contribution >= 0.6 is 0 Å². The van der Waals surface area contributed by atoms with E-state index in [1.54, 1.807) is 16.7 Å². The molecule has 0 atom stereocenters. The largest absolute Gasteiger partial charge is 0.450 e. The van der Waals surface area contributed by atoms with Crippen molar-refractivity contribution >= 4 is 23.6 Å². The molecule has 1 heterocycles. The molecule has 27 heavy (non-hydrogen) atoms. The topological polar surface area (TPSA) is 79.0 Å². The number of rotatable bonds is 6. The molecule has 3 amide bonds. The highest BCUT2D eigenvalue weighted by Crippen LogP contribution is 2.17. The van der Waals surface area contributed by atoms with E-state index in [0.29, 0.717) is 39.1 Å². The van der Waals surface area contributed by atoms with Gasteiger partial charge in [-0.3, -0.25) is 9.59 Å². The van der Waals surface area contributed by atoms with Crippen molar-refractivity contribution in [1.82, 2.24) is 10.2 Å². The molecule has 1 aromatic rings. The Kier molecular flexibility index (Phi) is 7.64. The number of benzene rings is 1. The van der Waals surface area contributed by atoms with Crippen molar-refractivity contribution < 1.29 is 19.1 Å². The molecular formula is C20H29N3O4. The zero-order valence-electron chi connectivity index (χ0n) is 16.4. The molecule has 1 N–H and O–H groups in total. The van der Waals surface area contributed by atoms with Gasteiger partial charge in [-0.15, -0.1) is 0 Å². The summed E-state index contributed by atoms with van der Waals surface area (Å²) in [5.41, 5.74) is 1.87.